The number of nitrogens with zero attached hydrogens (tertiary/aromatic N) is 1. The molecular formula is C16H16N2O2. The molecule has 4 nitrogen and oxygen atoms in total. The molecule has 1 heterocycles. The zero-order valence-electron chi connectivity index (χ0n) is 11.2. The molecule has 1 N–H and O–H groups in total. The van der Waals surface area contributed by atoms with Crippen LogP contribution in [-0.4, -0.2) is 19.7 Å². The Labute approximate surface area is 118 Å². The third-order valence-electron chi connectivity index (χ3n) is 3.20. The Balaban J connectivity index is 1.78. The summed E-state index contributed by atoms with van der Waals surface area (Å²) in [7, 11) is 1.66. The van der Waals surface area contributed by atoms with Gasteiger partial charge in [0.15, 0.2) is 6.23 Å². The molecule has 0 fully saturated rings. The first-order chi connectivity index (χ1) is 9.86. The summed E-state index contributed by atoms with van der Waals surface area (Å²) in [4.78, 5) is 4.37. The number of amidine groups is 1. The maximum Gasteiger partial charge on any atom is 0.157 e. The minimum absolute atomic E-state index is 0.186. The van der Waals surface area contributed by atoms with Crippen molar-refractivity contribution in [1.29, 1.82) is 0 Å². The largest absolute Gasteiger partial charge is 0.497 e. The fourth-order valence-corrected chi connectivity index (χ4v) is 2.12. The second-order valence-electron chi connectivity index (χ2n) is 4.47. The van der Waals surface area contributed by atoms with Gasteiger partial charge in [-0.1, -0.05) is 42.5 Å². The molecule has 4 heteroatoms. The summed E-state index contributed by atoms with van der Waals surface area (Å²) < 4.78 is 10.8. The summed E-state index contributed by atoms with van der Waals surface area (Å²) in [5, 5.41) is 3.31. The van der Waals surface area contributed by atoms with Gasteiger partial charge in [-0.05, 0) is 12.1 Å². The Bertz CT molecular complexity index is 594. The lowest BCUT2D eigenvalue weighted by molar-refractivity contribution is 0.0375. The predicted octanol–water partition coefficient (Wildman–Crippen LogP) is 2.72. The lowest BCUT2D eigenvalue weighted by Gasteiger charge is -2.25. The summed E-state index contributed by atoms with van der Waals surface area (Å²) in [5.41, 5.74) is 2.11. The van der Waals surface area contributed by atoms with Gasteiger partial charge >= 0.3 is 0 Å². The zero-order valence-corrected chi connectivity index (χ0v) is 11.2. The lowest BCUT2D eigenvalue weighted by Crippen LogP contribution is -2.35. The molecule has 2 aromatic rings. The van der Waals surface area contributed by atoms with Crippen LogP contribution >= 0.6 is 0 Å². The molecule has 0 saturated carbocycles. The van der Waals surface area contributed by atoms with E-state index >= 15 is 0 Å². The number of benzene rings is 2. The molecule has 2 aromatic carbocycles. The van der Waals surface area contributed by atoms with E-state index < -0.39 is 0 Å². The van der Waals surface area contributed by atoms with E-state index in [1.807, 2.05) is 54.6 Å². The van der Waals surface area contributed by atoms with Crippen molar-refractivity contribution in [3.05, 3.63) is 65.7 Å². The van der Waals surface area contributed by atoms with Crippen LogP contribution in [0.1, 0.15) is 17.4 Å². The van der Waals surface area contributed by atoms with Crippen molar-refractivity contribution >= 4 is 5.84 Å². The molecule has 0 saturated heterocycles. The summed E-state index contributed by atoms with van der Waals surface area (Å²) in [6.45, 7) is 0.355. The molecule has 3 rings (SSSR count). The minimum atomic E-state index is -0.186. The SMILES string of the molecule is COc1ccc(C2NC(c3ccccc3)=NCO2)cc1. The molecule has 0 aromatic heterocycles. The Morgan fingerprint density at radius 1 is 1.10 bits per heavy atom. The lowest BCUT2D eigenvalue weighted by atomic mass is 10.1. The third kappa shape index (κ3) is 2.65. The number of aliphatic imine (C=N–C) groups is 1. The summed E-state index contributed by atoms with van der Waals surface area (Å²) in [5.74, 6) is 1.69. The van der Waals surface area contributed by atoms with Gasteiger partial charge in [-0.3, -0.25) is 0 Å². The molecule has 20 heavy (non-hydrogen) atoms. The fourth-order valence-electron chi connectivity index (χ4n) is 2.12. The van der Waals surface area contributed by atoms with Gasteiger partial charge in [0, 0.05) is 11.1 Å². The van der Waals surface area contributed by atoms with Gasteiger partial charge in [-0.15, -0.1) is 0 Å². The summed E-state index contributed by atoms with van der Waals surface area (Å²) in [6, 6.07) is 17.9. The van der Waals surface area contributed by atoms with E-state index in [0.717, 1.165) is 22.7 Å². The zero-order chi connectivity index (χ0) is 13.8. The average molecular weight is 268 g/mol. The quantitative estimate of drug-likeness (QED) is 0.930. The van der Waals surface area contributed by atoms with E-state index in [2.05, 4.69) is 10.3 Å². The third-order valence-corrected chi connectivity index (χ3v) is 3.20. The Kier molecular flexibility index (Phi) is 3.65. The van der Waals surface area contributed by atoms with Crippen LogP contribution in [0.3, 0.4) is 0 Å². The maximum atomic E-state index is 5.65. The van der Waals surface area contributed by atoms with Crippen molar-refractivity contribution in [3.8, 4) is 5.75 Å². The van der Waals surface area contributed by atoms with Gasteiger partial charge in [-0.25, -0.2) is 4.99 Å². The second kappa shape index (κ2) is 5.75. The van der Waals surface area contributed by atoms with Crippen molar-refractivity contribution in [2.75, 3.05) is 13.8 Å². The van der Waals surface area contributed by atoms with E-state index in [-0.39, 0.29) is 6.23 Å². The van der Waals surface area contributed by atoms with E-state index in [4.69, 9.17) is 9.47 Å². The van der Waals surface area contributed by atoms with Gasteiger partial charge in [0.2, 0.25) is 0 Å². The molecule has 102 valence electrons. The number of ether oxygens (including phenoxy) is 2. The number of hydrogen-bond acceptors (Lipinski definition) is 4. The smallest absolute Gasteiger partial charge is 0.157 e. The predicted molar refractivity (Wildman–Crippen MR) is 77.8 cm³/mol. The second-order valence-corrected chi connectivity index (χ2v) is 4.47. The molecular weight excluding hydrogens is 252 g/mol. The molecule has 0 amide bonds. The summed E-state index contributed by atoms with van der Waals surface area (Å²) in [6.07, 6.45) is -0.186. The van der Waals surface area contributed by atoms with E-state index in [0.29, 0.717) is 6.73 Å². The van der Waals surface area contributed by atoms with Crippen LogP contribution < -0.4 is 10.1 Å². The van der Waals surface area contributed by atoms with Crippen LogP contribution in [0.25, 0.3) is 0 Å². The van der Waals surface area contributed by atoms with Crippen molar-refractivity contribution in [1.82, 2.24) is 5.32 Å². The average Bonchev–Trinajstić information content (AvgIpc) is 2.56. The van der Waals surface area contributed by atoms with Crippen molar-refractivity contribution in [2.45, 2.75) is 6.23 Å². The topological polar surface area (TPSA) is 42.8 Å². The monoisotopic (exact) mass is 268 g/mol. The highest BCUT2D eigenvalue weighted by atomic mass is 16.5. The molecule has 1 unspecified atom stereocenters. The fraction of sp³-hybridized carbons (Fsp3) is 0.188. The standard InChI is InChI=1S/C16H16N2O2/c1-19-14-9-7-13(8-10-14)16-18-15(17-11-20-16)12-5-3-2-4-6-12/h2-10,16H,11H2,1H3,(H,17,18). The number of rotatable bonds is 3. The van der Waals surface area contributed by atoms with Gasteiger partial charge in [0.05, 0.1) is 7.11 Å². The van der Waals surface area contributed by atoms with Gasteiger partial charge in [0.25, 0.3) is 0 Å². The van der Waals surface area contributed by atoms with Crippen molar-refractivity contribution < 1.29 is 9.47 Å². The Hall–Kier alpha value is -2.33. The number of hydrogen-bond donors (Lipinski definition) is 1. The molecule has 1 aliphatic rings. The van der Waals surface area contributed by atoms with E-state index in [1.54, 1.807) is 7.11 Å². The van der Waals surface area contributed by atoms with Crippen LogP contribution in [0.5, 0.6) is 5.75 Å². The van der Waals surface area contributed by atoms with Crippen LogP contribution in [0.15, 0.2) is 59.6 Å². The van der Waals surface area contributed by atoms with Crippen LogP contribution in [0, 0.1) is 0 Å². The number of nitrogens with one attached hydrogen (secondary N) is 1. The van der Waals surface area contributed by atoms with Crippen molar-refractivity contribution in [2.24, 2.45) is 4.99 Å². The highest BCUT2D eigenvalue weighted by Gasteiger charge is 2.18. The van der Waals surface area contributed by atoms with Crippen molar-refractivity contribution in [3.63, 3.8) is 0 Å². The van der Waals surface area contributed by atoms with Gasteiger partial charge in [0.1, 0.15) is 18.3 Å². The molecule has 0 aliphatic carbocycles. The summed E-state index contributed by atoms with van der Waals surface area (Å²) >= 11 is 0. The molecule has 0 bridgehead atoms. The van der Waals surface area contributed by atoms with Crippen LogP contribution in [-0.2, 0) is 4.74 Å². The molecule has 1 atom stereocenters. The van der Waals surface area contributed by atoms with Gasteiger partial charge in [-0.2, -0.15) is 0 Å². The van der Waals surface area contributed by atoms with Crippen LogP contribution in [0.2, 0.25) is 0 Å². The molecule has 1 aliphatic heterocycles. The first kappa shape index (κ1) is 12.7. The molecule has 0 radical (unpaired) electrons. The Morgan fingerprint density at radius 2 is 1.85 bits per heavy atom. The first-order valence-corrected chi connectivity index (χ1v) is 6.49. The number of methoxy groups -OCH3 is 1. The van der Waals surface area contributed by atoms with E-state index in [9.17, 15) is 0 Å². The minimum Gasteiger partial charge on any atom is -0.497 e. The van der Waals surface area contributed by atoms with E-state index in [1.165, 1.54) is 0 Å². The van der Waals surface area contributed by atoms with Gasteiger partial charge < -0.3 is 14.8 Å². The highest BCUT2D eigenvalue weighted by molar-refractivity contribution is 5.99. The maximum absolute atomic E-state index is 5.65. The first-order valence-electron chi connectivity index (χ1n) is 6.49. The Morgan fingerprint density at radius 3 is 2.55 bits per heavy atom. The normalized spacial score (nSPS) is 18.1. The highest BCUT2D eigenvalue weighted by Crippen LogP contribution is 2.21. The van der Waals surface area contributed by atoms with Crippen LogP contribution in [0.4, 0.5) is 0 Å². The molecule has 0 spiro atoms.